The summed E-state index contributed by atoms with van der Waals surface area (Å²) >= 11 is 3.09. The normalized spacial score (nSPS) is 12.0. The zero-order valence-corrected chi connectivity index (χ0v) is 11.8. The van der Waals surface area contributed by atoms with Crippen molar-refractivity contribution in [2.75, 3.05) is 0 Å². The van der Waals surface area contributed by atoms with Gasteiger partial charge in [-0.1, -0.05) is 0 Å². The Labute approximate surface area is 124 Å². The lowest BCUT2D eigenvalue weighted by molar-refractivity contribution is -0.137. The Kier molecular flexibility index (Phi) is 3.20. The average molecular weight is 360 g/mol. The van der Waals surface area contributed by atoms with Crippen LogP contribution in [0.15, 0.2) is 41.3 Å². The monoisotopic (exact) mass is 359 g/mol. The number of rotatable bonds is 1. The summed E-state index contributed by atoms with van der Waals surface area (Å²) in [6, 6.07) is 5.55. The van der Waals surface area contributed by atoms with E-state index in [9.17, 15) is 17.6 Å². The Hall–Kier alpha value is -1.96. The highest BCUT2D eigenvalue weighted by molar-refractivity contribution is 9.10. The van der Waals surface area contributed by atoms with Crippen molar-refractivity contribution in [1.29, 1.82) is 0 Å². The van der Waals surface area contributed by atoms with E-state index in [1.165, 1.54) is 4.52 Å². The molecule has 0 amide bonds. The fourth-order valence-corrected chi connectivity index (χ4v) is 2.35. The van der Waals surface area contributed by atoms with E-state index in [0.717, 1.165) is 12.1 Å². The fraction of sp³-hybridized carbons (Fsp3) is 0.0769. The Bertz CT molecular complexity index is 826. The van der Waals surface area contributed by atoms with E-state index >= 15 is 0 Å². The molecule has 3 nitrogen and oxygen atoms in total. The Morgan fingerprint density at radius 2 is 1.90 bits per heavy atom. The molecule has 1 aromatic carbocycles. The second kappa shape index (κ2) is 4.80. The van der Waals surface area contributed by atoms with Crippen LogP contribution in [0.25, 0.3) is 16.8 Å². The lowest BCUT2D eigenvalue weighted by Crippen LogP contribution is -2.05. The van der Waals surface area contributed by atoms with E-state index in [0.29, 0.717) is 22.0 Å². The molecule has 2 heterocycles. The number of nitrogens with zero attached hydrogens (tertiary/aromatic N) is 3. The minimum absolute atomic E-state index is 0.0906. The van der Waals surface area contributed by atoms with Gasteiger partial charge in [0.15, 0.2) is 5.65 Å². The highest BCUT2D eigenvalue weighted by atomic mass is 79.9. The first-order chi connectivity index (χ1) is 9.84. The van der Waals surface area contributed by atoms with Crippen molar-refractivity contribution in [3.8, 4) is 11.1 Å². The van der Waals surface area contributed by atoms with Crippen LogP contribution in [0.2, 0.25) is 0 Å². The Morgan fingerprint density at radius 3 is 2.62 bits per heavy atom. The van der Waals surface area contributed by atoms with E-state index in [1.54, 1.807) is 18.3 Å². The van der Waals surface area contributed by atoms with Crippen LogP contribution in [0, 0.1) is 5.82 Å². The fourth-order valence-electron chi connectivity index (χ4n) is 2.01. The summed E-state index contributed by atoms with van der Waals surface area (Å²) in [5.41, 5.74) is -0.255. The maximum absolute atomic E-state index is 13.5. The molecule has 0 aliphatic heterocycles. The van der Waals surface area contributed by atoms with Crippen LogP contribution in [0.1, 0.15) is 5.56 Å². The van der Waals surface area contributed by atoms with Crippen molar-refractivity contribution in [3.05, 3.63) is 52.6 Å². The van der Waals surface area contributed by atoms with Gasteiger partial charge >= 0.3 is 6.18 Å². The molecule has 0 aliphatic rings. The number of hydrogen-bond acceptors (Lipinski definition) is 2. The van der Waals surface area contributed by atoms with Crippen LogP contribution in [0.4, 0.5) is 17.6 Å². The van der Waals surface area contributed by atoms with Crippen molar-refractivity contribution in [2.24, 2.45) is 0 Å². The molecule has 108 valence electrons. The zero-order valence-electron chi connectivity index (χ0n) is 10.2. The first-order valence-electron chi connectivity index (χ1n) is 5.73. The topological polar surface area (TPSA) is 30.2 Å². The van der Waals surface area contributed by atoms with Gasteiger partial charge in [-0.2, -0.15) is 13.2 Å². The molecule has 0 unspecified atom stereocenters. The van der Waals surface area contributed by atoms with Gasteiger partial charge in [0.05, 0.1) is 5.56 Å². The van der Waals surface area contributed by atoms with Gasteiger partial charge in [-0.15, -0.1) is 5.10 Å². The van der Waals surface area contributed by atoms with Gasteiger partial charge in [-0.25, -0.2) is 13.9 Å². The van der Waals surface area contributed by atoms with Crippen LogP contribution >= 0.6 is 15.9 Å². The number of benzene rings is 1. The molecular formula is C13H6BrF4N3. The van der Waals surface area contributed by atoms with Gasteiger partial charge in [0, 0.05) is 11.8 Å². The molecule has 3 rings (SSSR count). The van der Waals surface area contributed by atoms with Gasteiger partial charge < -0.3 is 0 Å². The average Bonchev–Trinajstić information content (AvgIpc) is 2.76. The van der Waals surface area contributed by atoms with Crippen LogP contribution < -0.4 is 0 Å². The second-order valence-corrected chi connectivity index (χ2v) is 5.01. The van der Waals surface area contributed by atoms with Crippen molar-refractivity contribution < 1.29 is 17.6 Å². The van der Waals surface area contributed by atoms with E-state index in [2.05, 4.69) is 26.0 Å². The quantitative estimate of drug-likeness (QED) is 0.606. The Balaban J connectivity index is 2.25. The number of halogens is 5. The van der Waals surface area contributed by atoms with Crippen molar-refractivity contribution >= 4 is 21.6 Å². The number of hydrogen-bond donors (Lipinski definition) is 0. The zero-order chi connectivity index (χ0) is 15.2. The molecule has 0 atom stereocenters. The van der Waals surface area contributed by atoms with Crippen molar-refractivity contribution in [3.63, 3.8) is 0 Å². The molecule has 0 fully saturated rings. The molecule has 8 heteroatoms. The lowest BCUT2D eigenvalue weighted by atomic mass is 10.0. The van der Waals surface area contributed by atoms with Gasteiger partial charge in [0.1, 0.15) is 5.82 Å². The third-order valence-corrected chi connectivity index (χ3v) is 3.21. The number of alkyl halides is 3. The highest BCUT2D eigenvalue weighted by Crippen LogP contribution is 2.34. The molecule has 0 N–H and O–H groups in total. The molecule has 0 saturated carbocycles. The molecule has 2 aromatic heterocycles. The molecular weight excluding hydrogens is 354 g/mol. The summed E-state index contributed by atoms with van der Waals surface area (Å²) < 4.78 is 53.5. The van der Waals surface area contributed by atoms with Crippen LogP contribution in [-0.4, -0.2) is 14.6 Å². The number of aromatic nitrogens is 3. The smallest absolute Gasteiger partial charge is 0.219 e. The van der Waals surface area contributed by atoms with Gasteiger partial charge in [-0.3, -0.25) is 0 Å². The largest absolute Gasteiger partial charge is 0.416 e. The third-order valence-electron chi connectivity index (χ3n) is 2.87. The third kappa shape index (κ3) is 2.63. The van der Waals surface area contributed by atoms with Gasteiger partial charge in [-0.05, 0) is 51.8 Å². The highest BCUT2D eigenvalue weighted by Gasteiger charge is 2.31. The summed E-state index contributed by atoms with van der Waals surface area (Å²) in [4.78, 5) is 4.08. The molecule has 3 aromatic rings. The van der Waals surface area contributed by atoms with Crippen molar-refractivity contribution in [1.82, 2.24) is 14.6 Å². The maximum atomic E-state index is 13.5. The van der Waals surface area contributed by atoms with Gasteiger partial charge in [0.25, 0.3) is 0 Å². The predicted molar refractivity (Wildman–Crippen MR) is 71.1 cm³/mol. The SMILES string of the molecule is Fc1cc(-c2cccn3nc(Br)nc23)cc(C(F)(F)F)c1. The van der Waals surface area contributed by atoms with Gasteiger partial charge in [0.2, 0.25) is 4.73 Å². The van der Waals surface area contributed by atoms with E-state index in [-0.39, 0.29) is 5.56 Å². The maximum Gasteiger partial charge on any atom is 0.416 e. The minimum atomic E-state index is -4.61. The minimum Gasteiger partial charge on any atom is -0.219 e. The second-order valence-electron chi connectivity index (χ2n) is 4.30. The van der Waals surface area contributed by atoms with Crippen LogP contribution in [0.3, 0.4) is 0 Å². The summed E-state index contributed by atoms with van der Waals surface area (Å²) in [5, 5.41) is 4.00. The lowest BCUT2D eigenvalue weighted by Gasteiger charge is -2.10. The molecule has 0 radical (unpaired) electrons. The van der Waals surface area contributed by atoms with Crippen molar-refractivity contribution in [2.45, 2.75) is 6.18 Å². The summed E-state index contributed by atoms with van der Waals surface area (Å²) in [6.07, 6.45) is -3.02. The molecule has 0 spiro atoms. The summed E-state index contributed by atoms with van der Waals surface area (Å²) in [7, 11) is 0. The van der Waals surface area contributed by atoms with E-state index < -0.39 is 17.6 Å². The summed E-state index contributed by atoms with van der Waals surface area (Å²) in [6.45, 7) is 0. The predicted octanol–water partition coefficient (Wildman–Crippen LogP) is 4.32. The molecule has 0 saturated heterocycles. The first kappa shape index (κ1) is 14.0. The molecule has 0 bridgehead atoms. The first-order valence-corrected chi connectivity index (χ1v) is 6.53. The standard InChI is InChI=1S/C13H6BrF4N3/c14-12-19-11-10(2-1-3-21(11)20-12)7-4-8(13(16,17)18)6-9(15)5-7/h1-6H. The molecule has 0 aliphatic carbocycles. The van der Waals surface area contributed by atoms with Crippen LogP contribution in [-0.2, 0) is 6.18 Å². The molecule has 21 heavy (non-hydrogen) atoms. The summed E-state index contributed by atoms with van der Waals surface area (Å²) in [5.74, 6) is -0.958. The Morgan fingerprint density at radius 1 is 1.14 bits per heavy atom. The van der Waals surface area contributed by atoms with E-state index in [1.807, 2.05) is 0 Å². The number of fused-ring (bicyclic) bond motifs is 1. The van der Waals surface area contributed by atoms with Crippen LogP contribution in [0.5, 0.6) is 0 Å². The van der Waals surface area contributed by atoms with E-state index in [4.69, 9.17) is 0 Å². The number of pyridine rings is 1.